The third-order valence-electron chi connectivity index (χ3n) is 3.97. The number of halogens is 3. The average molecular weight is 395 g/mol. The van der Waals surface area contributed by atoms with E-state index in [2.05, 4.69) is 5.10 Å². The SMILES string of the molecule is NS(=O)(=O)c1ccc(-n2nc(C(F)(F)CCF)cc2-c2ccccc2)cc1. The zero-order chi connectivity index (χ0) is 19.7. The molecule has 0 aliphatic carbocycles. The van der Waals surface area contributed by atoms with Gasteiger partial charge in [-0.15, -0.1) is 0 Å². The monoisotopic (exact) mass is 395 g/mol. The summed E-state index contributed by atoms with van der Waals surface area (Å²) in [5.41, 5.74) is 0.799. The fourth-order valence-corrected chi connectivity index (χ4v) is 3.11. The molecule has 0 aliphatic rings. The van der Waals surface area contributed by atoms with Crippen molar-refractivity contribution in [2.24, 2.45) is 5.14 Å². The third-order valence-corrected chi connectivity index (χ3v) is 4.90. The molecule has 1 aromatic heterocycles. The van der Waals surface area contributed by atoms with Crippen molar-refractivity contribution < 1.29 is 21.6 Å². The van der Waals surface area contributed by atoms with Crippen molar-refractivity contribution in [3.05, 3.63) is 66.4 Å². The Morgan fingerprint density at radius 1 is 1.04 bits per heavy atom. The number of alkyl halides is 3. The largest absolute Gasteiger partial charge is 0.294 e. The minimum atomic E-state index is -3.88. The quantitative estimate of drug-likeness (QED) is 0.692. The van der Waals surface area contributed by atoms with Crippen LogP contribution in [0.3, 0.4) is 0 Å². The summed E-state index contributed by atoms with van der Waals surface area (Å²) in [6, 6.07) is 15.3. The lowest BCUT2D eigenvalue weighted by molar-refractivity contribution is -0.0233. The second-order valence-corrected chi connectivity index (χ2v) is 7.44. The molecule has 0 unspecified atom stereocenters. The Kier molecular flexibility index (Phi) is 5.07. The number of nitrogens with two attached hydrogens (primary N) is 1. The van der Waals surface area contributed by atoms with Gasteiger partial charge in [0.2, 0.25) is 10.0 Å². The molecule has 0 spiro atoms. The summed E-state index contributed by atoms with van der Waals surface area (Å²) in [4.78, 5) is -0.109. The second-order valence-electron chi connectivity index (χ2n) is 5.87. The first-order valence-corrected chi connectivity index (χ1v) is 9.50. The predicted octanol–water partition coefficient (Wildman–Crippen LogP) is 3.64. The maximum atomic E-state index is 14.2. The molecular weight excluding hydrogens is 379 g/mol. The number of rotatable bonds is 6. The van der Waals surface area contributed by atoms with E-state index in [1.165, 1.54) is 35.0 Å². The van der Waals surface area contributed by atoms with Crippen LogP contribution in [0.4, 0.5) is 13.2 Å². The Labute approximate surface area is 154 Å². The number of hydrogen-bond donors (Lipinski definition) is 1. The minimum absolute atomic E-state index is 0.109. The van der Waals surface area contributed by atoms with Gasteiger partial charge in [-0.3, -0.25) is 4.39 Å². The van der Waals surface area contributed by atoms with Gasteiger partial charge in [-0.2, -0.15) is 13.9 Å². The number of aromatic nitrogens is 2. The molecule has 0 radical (unpaired) electrons. The van der Waals surface area contributed by atoms with Crippen LogP contribution in [0.15, 0.2) is 65.6 Å². The first-order chi connectivity index (χ1) is 12.7. The molecule has 0 saturated heterocycles. The number of nitrogens with zero attached hydrogens (tertiary/aromatic N) is 2. The van der Waals surface area contributed by atoms with E-state index < -0.39 is 34.7 Å². The summed E-state index contributed by atoms with van der Waals surface area (Å²) >= 11 is 0. The van der Waals surface area contributed by atoms with Crippen LogP contribution in [0.2, 0.25) is 0 Å². The average Bonchev–Trinajstić information content (AvgIpc) is 3.08. The molecule has 0 aliphatic heterocycles. The maximum Gasteiger partial charge on any atom is 0.294 e. The van der Waals surface area contributed by atoms with Gasteiger partial charge in [-0.05, 0) is 30.3 Å². The molecule has 3 aromatic rings. The Bertz CT molecular complexity index is 1030. The van der Waals surface area contributed by atoms with Crippen LogP contribution < -0.4 is 5.14 Å². The zero-order valence-corrected chi connectivity index (χ0v) is 14.8. The molecule has 2 aromatic carbocycles. The standard InChI is InChI=1S/C18H16F3N3O2S/c19-11-10-18(20,21)17-12-16(13-4-2-1-3-5-13)24(23-17)14-6-8-15(9-7-14)27(22,25)26/h1-9,12H,10-11H2,(H2,22,25,26). The van der Waals surface area contributed by atoms with Gasteiger partial charge in [0.25, 0.3) is 5.92 Å². The van der Waals surface area contributed by atoms with Gasteiger partial charge in [-0.1, -0.05) is 30.3 Å². The van der Waals surface area contributed by atoms with Crippen molar-refractivity contribution in [1.29, 1.82) is 0 Å². The molecule has 2 N–H and O–H groups in total. The van der Waals surface area contributed by atoms with Crippen LogP contribution >= 0.6 is 0 Å². The smallest absolute Gasteiger partial charge is 0.251 e. The highest BCUT2D eigenvalue weighted by atomic mass is 32.2. The molecule has 142 valence electrons. The van der Waals surface area contributed by atoms with Gasteiger partial charge in [-0.25, -0.2) is 18.2 Å². The first kappa shape index (κ1) is 19.1. The van der Waals surface area contributed by atoms with Crippen molar-refractivity contribution in [3.8, 4) is 16.9 Å². The highest BCUT2D eigenvalue weighted by Crippen LogP contribution is 2.34. The summed E-state index contributed by atoms with van der Waals surface area (Å²) in [5.74, 6) is -3.43. The van der Waals surface area contributed by atoms with Crippen LogP contribution in [-0.4, -0.2) is 24.9 Å². The predicted molar refractivity (Wildman–Crippen MR) is 94.9 cm³/mol. The molecule has 9 heteroatoms. The number of primary sulfonamides is 1. The fraction of sp³-hybridized carbons (Fsp3) is 0.167. The Balaban J connectivity index is 2.14. The van der Waals surface area contributed by atoms with E-state index in [1.807, 2.05) is 0 Å². The summed E-state index contributed by atoms with van der Waals surface area (Å²) in [6.07, 6.45) is -0.970. The van der Waals surface area contributed by atoms with Crippen molar-refractivity contribution in [1.82, 2.24) is 9.78 Å². The Hall–Kier alpha value is -2.65. The van der Waals surface area contributed by atoms with Crippen LogP contribution in [0.1, 0.15) is 12.1 Å². The number of sulfonamides is 1. The molecule has 5 nitrogen and oxygen atoms in total. The summed E-state index contributed by atoms with van der Waals surface area (Å²) in [5, 5.41) is 9.03. The molecule has 0 fully saturated rings. The van der Waals surface area contributed by atoms with E-state index in [0.29, 0.717) is 16.9 Å². The summed E-state index contributed by atoms with van der Waals surface area (Å²) < 4.78 is 64.9. The van der Waals surface area contributed by atoms with Crippen molar-refractivity contribution >= 4 is 10.0 Å². The summed E-state index contributed by atoms with van der Waals surface area (Å²) in [6.45, 7) is -1.18. The lowest BCUT2D eigenvalue weighted by Crippen LogP contribution is -2.15. The highest BCUT2D eigenvalue weighted by Gasteiger charge is 2.35. The molecule has 3 rings (SSSR count). The van der Waals surface area contributed by atoms with Gasteiger partial charge in [0.1, 0.15) is 5.69 Å². The van der Waals surface area contributed by atoms with Gasteiger partial charge < -0.3 is 0 Å². The second kappa shape index (κ2) is 7.16. The first-order valence-electron chi connectivity index (χ1n) is 7.95. The van der Waals surface area contributed by atoms with Crippen LogP contribution in [0.5, 0.6) is 0 Å². The van der Waals surface area contributed by atoms with Gasteiger partial charge >= 0.3 is 0 Å². The Morgan fingerprint density at radius 3 is 2.22 bits per heavy atom. The lowest BCUT2D eigenvalue weighted by atomic mass is 10.1. The molecule has 0 bridgehead atoms. The van der Waals surface area contributed by atoms with Crippen LogP contribution in [0, 0.1) is 0 Å². The number of benzene rings is 2. The maximum absolute atomic E-state index is 14.2. The van der Waals surface area contributed by atoms with Crippen molar-refractivity contribution in [2.75, 3.05) is 6.67 Å². The van der Waals surface area contributed by atoms with Crippen LogP contribution in [-0.2, 0) is 15.9 Å². The Morgan fingerprint density at radius 2 is 1.67 bits per heavy atom. The molecule has 1 heterocycles. The fourth-order valence-electron chi connectivity index (χ4n) is 2.59. The van der Waals surface area contributed by atoms with E-state index >= 15 is 0 Å². The molecule has 27 heavy (non-hydrogen) atoms. The minimum Gasteiger partial charge on any atom is -0.251 e. The lowest BCUT2D eigenvalue weighted by Gasteiger charge is -2.11. The number of hydrogen-bond acceptors (Lipinski definition) is 3. The van der Waals surface area contributed by atoms with Crippen molar-refractivity contribution in [3.63, 3.8) is 0 Å². The van der Waals surface area contributed by atoms with E-state index in [0.717, 1.165) is 0 Å². The molecular formula is C18H16F3N3O2S. The zero-order valence-electron chi connectivity index (χ0n) is 14.0. The van der Waals surface area contributed by atoms with Crippen LogP contribution in [0.25, 0.3) is 16.9 Å². The summed E-state index contributed by atoms with van der Waals surface area (Å²) in [7, 11) is -3.88. The van der Waals surface area contributed by atoms with Crippen molar-refractivity contribution in [2.45, 2.75) is 17.2 Å². The third kappa shape index (κ3) is 4.04. The van der Waals surface area contributed by atoms with E-state index in [9.17, 15) is 21.6 Å². The molecule has 0 atom stereocenters. The molecule has 0 amide bonds. The van der Waals surface area contributed by atoms with E-state index in [-0.39, 0.29) is 4.90 Å². The van der Waals surface area contributed by atoms with Gasteiger partial charge in [0.05, 0.1) is 23.0 Å². The van der Waals surface area contributed by atoms with Gasteiger partial charge in [0, 0.05) is 12.0 Å². The van der Waals surface area contributed by atoms with Gasteiger partial charge in [0.15, 0.2) is 0 Å². The highest BCUT2D eigenvalue weighted by molar-refractivity contribution is 7.89. The molecule has 0 saturated carbocycles. The van der Waals surface area contributed by atoms with E-state index in [4.69, 9.17) is 5.14 Å². The topological polar surface area (TPSA) is 78.0 Å². The normalized spacial score (nSPS) is 12.3. The van der Waals surface area contributed by atoms with E-state index in [1.54, 1.807) is 30.3 Å².